The Morgan fingerprint density at radius 3 is 2.72 bits per heavy atom. The summed E-state index contributed by atoms with van der Waals surface area (Å²) >= 11 is 0. The first-order valence-electron chi connectivity index (χ1n) is 6.05. The molecule has 18 heavy (non-hydrogen) atoms. The van der Waals surface area contributed by atoms with Gasteiger partial charge in [0.25, 0.3) is 0 Å². The minimum atomic E-state index is -1.11. The van der Waals surface area contributed by atoms with Crippen molar-refractivity contribution in [2.45, 2.75) is 32.0 Å². The largest absolute Gasteiger partial charge is 0.388 e. The summed E-state index contributed by atoms with van der Waals surface area (Å²) in [4.78, 5) is 17.3. The van der Waals surface area contributed by atoms with E-state index in [9.17, 15) is 9.90 Å². The Hall–Kier alpha value is -1.68. The van der Waals surface area contributed by atoms with E-state index in [-0.39, 0.29) is 12.2 Å². The number of Topliss-reactive ketones (excluding diaryl/α,β-unsaturated/α-hetero) is 1. The molecular formula is C14H15NO3. The molecule has 4 heteroatoms. The van der Waals surface area contributed by atoms with Gasteiger partial charge >= 0.3 is 0 Å². The number of oxime groups is 1. The third kappa shape index (κ3) is 1.56. The lowest BCUT2D eigenvalue weighted by molar-refractivity contribution is -0.119. The van der Waals surface area contributed by atoms with Crippen molar-refractivity contribution in [1.82, 2.24) is 0 Å². The summed E-state index contributed by atoms with van der Waals surface area (Å²) in [6.45, 7) is 3.63. The fourth-order valence-electron chi connectivity index (χ4n) is 2.69. The molecule has 1 saturated carbocycles. The van der Waals surface area contributed by atoms with Gasteiger partial charge in [0.2, 0.25) is 0 Å². The lowest BCUT2D eigenvalue weighted by atomic mass is 9.91. The molecular weight excluding hydrogens is 230 g/mol. The molecule has 0 amide bonds. The van der Waals surface area contributed by atoms with Gasteiger partial charge in [-0.05, 0) is 13.8 Å². The first-order chi connectivity index (χ1) is 8.49. The standard InChI is InChI=1S/C14H15NO3/c1-8-3-5-9(6-4-8)12-11-10(16)7-14(2,17)13(11)18-15-12/h3-6,11,13,17H,7H2,1-2H3/t11-,13+,14-/m1/s1. The van der Waals surface area contributed by atoms with E-state index in [0.717, 1.165) is 11.1 Å². The highest BCUT2D eigenvalue weighted by Gasteiger charge is 2.56. The Morgan fingerprint density at radius 2 is 2.06 bits per heavy atom. The van der Waals surface area contributed by atoms with Crippen LogP contribution in [0.5, 0.6) is 0 Å². The van der Waals surface area contributed by atoms with Crippen molar-refractivity contribution >= 4 is 11.5 Å². The van der Waals surface area contributed by atoms with Crippen LogP contribution in [0.15, 0.2) is 29.4 Å². The topological polar surface area (TPSA) is 58.9 Å². The van der Waals surface area contributed by atoms with Crippen LogP contribution in [0.1, 0.15) is 24.5 Å². The quantitative estimate of drug-likeness (QED) is 0.814. The fraction of sp³-hybridized carbons (Fsp3) is 0.429. The van der Waals surface area contributed by atoms with Crippen molar-refractivity contribution in [3.05, 3.63) is 35.4 Å². The number of rotatable bonds is 1. The molecule has 0 aromatic heterocycles. The van der Waals surface area contributed by atoms with Crippen molar-refractivity contribution < 1.29 is 14.7 Å². The van der Waals surface area contributed by atoms with E-state index < -0.39 is 17.6 Å². The van der Waals surface area contributed by atoms with Gasteiger partial charge in [0.15, 0.2) is 6.10 Å². The molecule has 1 heterocycles. The molecule has 1 fully saturated rings. The van der Waals surface area contributed by atoms with E-state index in [1.807, 2.05) is 31.2 Å². The third-order valence-corrected chi connectivity index (χ3v) is 3.70. The Morgan fingerprint density at radius 1 is 1.39 bits per heavy atom. The third-order valence-electron chi connectivity index (χ3n) is 3.70. The smallest absolute Gasteiger partial charge is 0.171 e. The second-order valence-electron chi connectivity index (χ2n) is 5.35. The number of ketones is 1. The summed E-state index contributed by atoms with van der Waals surface area (Å²) in [5.74, 6) is -0.426. The van der Waals surface area contributed by atoms with Gasteiger partial charge in [-0.15, -0.1) is 0 Å². The summed E-state index contributed by atoms with van der Waals surface area (Å²) in [6, 6.07) is 7.81. The van der Waals surface area contributed by atoms with Crippen LogP contribution in [-0.2, 0) is 9.63 Å². The summed E-state index contributed by atoms with van der Waals surface area (Å²) < 4.78 is 0. The lowest BCUT2D eigenvalue weighted by Crippen LogP contribution is -2.37. The van der Waals surface area contributed by atoms with E-state index >= 15 is 0 Å². The number of carbonyl (C=O) groups is 1. The van der Waals surface area contributed by atoms with Crippen LogP contribution < -0.4 is 0 Å². The van der Waals surface area contributed by atoms with Gasteiger partial charge in [0.1, 0.15) is 23.0 Å². The Bertz CT molecular complexity index is 530. The minimum Gasteiger partial charge on any atom is -0.388 e. The molecule has 4 nitrogen and oxygen atoms in total. The molecule has 1 N–H and O–H groups in total. The normalized spacial score (nSPS) is 34.2. The maximum Gasteiger partial charge on any atom is 0.171 e. The van der Waals surface area contributed by atoms with Crippen LogP contribution in [0.4, 0.5) is 0 Å². The predicted molar refractivity (Wildman–Crippen MR) is 66.3 cm³/mol. The van der Waals surface area contributed by atoms with E-state index in [1.165, 1.54) is 0 Å². The van der Waals surface area contributed by atoms with Crippen molar-refractivity contribution in [3.63, 3.8) is 0 Å². The molecule has 3 rings (SSSR count). The number of fused-ring (bicyclic) bond motifs is 1. The molecule has 0 bridgehead atoms. The van der Waals surface area contributed by atoms with E-state index in [4.69, 9.17) is 4.84 Å². The molecule has 94 valence electrons. The number of nitrogens with zero attached hydrogens (tertiary/aromatic N) is 1. The molecule has 2 aliphatic rings. The Kier molecular flexibility index (Phi) is 2.32. The Balaban J connectivity index is 1.97. The number of carbonyl (C=O) groups excluding carboxylic acids is 1. The molecule has 0 spiro atoms. The van der Waals surface area contributed by atoms with E-state index in [2.05, 4.69) is 5.16 Å². The van der Waals surface area contributed by atoms with Crippen molar-refractivity contribution in [2.75, 3.05) is 0 Å². The maximum atomic E-state index is 12.0. The van der Waals surface area contributed by atoms with Gasteiger partial charge in [0, 0.05) is 12.0 Å². The average molecular weight is 245 g/mol. The highest BCUT2D eigenvalue weighted by Crippen LogP contribution is 2.40. The fourth-order valence-corrected chi connectivity index (χ4v) is 2.69. The van der Waals surface area contributed by atoms with Gasteiger partial charge < -0.3 is 9.94 Å². The first kappa shape index (κ1) is 11.4. The molecule has 1 aromatic rings. The zero-order valence-electron chi connectivity index (χ0n) is 10.4. The van der Waals surface area contributed by atoms with Crippen LogP contribution >= 0.6 is 0 Å². The van der Waals surface area contributed by atoms with E-state index in [0.29, 0.717) is 5.71 Å². The lowest BCUT2D eigenvalue weighted by Gasteiger charge is -2.20. The van der Waals surface area contributed by atoms with Crippen molar-refractivity contribution in [3.8, 4) is 0 Å². The number of hydrogen-bond donors (Lipinski definition) is 1. The molecule has 0 unspecified atom stereocenters. The van der Waals surface area contributed by atoms with Crippen molar-refractivity contribution in [1.29, 1.82) is 0 Å². The number of hydrogen-bond acceptors (Lipinski definition) is 4. The summed E-state index contributed by atoms with van der Waals surface area (Å²) in [6.07, 6.45) is -0.408. The van der Waals surface area contributed by atoms with Gasteiger partial charge in [-0.3, -0.25) is 4.79 Å². The zero-order chi connectivity index (χ0) is 12.9. The van der Waals surface area contributed by atoms with Gasteiger partial charge in [-0.2, -0.15) is 0 Å². The molecule has 0 radical (unpaired) electrons. The average Bonchev–Trinajstić information content (AvgIpc) is 2.82. The molecule has 1 aromatic carbocycles. The molecule has 1 aliphatic heterocycles. The van der Waals surface area contributed by atoms with Crippen molar-refractivity contribution in [2.24, 2.45) is 11.1 Å². The summed E-state index contributed by atoms with van der Waals surface area (Å²) in [5, 5.41) is 14.1. The Labute approximate surface area is 105 Å². The second kappa shape index (κ2) is 3.65. The highest BCUT2D eigenvalue weighted by molar-refractivity contribution is 6.16. The van der Waals surface area contributed by atoms with Gasteiger partial charge in [-0.1, -0.05) is 35.0 Å². The van der Waals surface area contributed by atoms with Crippen LogP contribution in [0.2, 0.25) is 0 Å². The van der Waals surface area contributed by atoms with E-state index in [1.54, 1.807) is 6.92 Å². The first-order valence-corrected chi connectivity index (χ1v) is 6.05. The van der Waals surface area contributed by atoms with Gasteiger partial charge in [0.05, 0.1) is 0 Å². The van der Waals surface area contributed by atoms with Crippen LogP contribution in [0.25, 0.3) is 0 Å². The molecule has 1 aliphatic carbocycles. The van der Waals surface area contributed by atoms with Crippen LogP contribution in [0, 0.1) is 12.8 Å². The zero-order valence-corrected chi connectivity index (χ0v) is 10.4. The monoisotopic (exact) mass is 245 g/mol. The van der Waals surface area contributed by atoms with Crippen LogP contribution in [0.3, 0.4) is 0 Å². The minimum absolute atomic E-state index is 0.00169. The maximum absolute atomic E-state index is 12.0. The highest BCUT2D eigenvalue weighted by atomic mass is 16.7. The van der Waals surface area contributed by atoms with Gasteiger partial charge in [-0.25, -0.2) is 0 Å². The summed E-state index contributed by atoms with van der Waals surface area (Å²) in [5.41, 5.74) is 1.57. The number of benzene rings is 1. The summed E-state index contributed by atoms with van der Waals surface area (Å²) in [7, 11) is 0. The number of aliphatic hydroxyl groups is 1. The molecule has 0 saturated heterocycles. The van der Waals surface area contributed by atoms with Crippen LogP contribution in [-0.4, -0.2) is 28.3 Å². The predicted octanol–water partition coefficient (Wildman–Crippen LogP) is 1.44. The SMILES string of the molecule is Cc1ccc(C2=NO[C@H]3[C@@H]2C(=O)C[C@@]3(C)O)cc1. The second-order valence-corrected chi connectivity index (χ2v) is 5.35. The number of aryl methyl sites for hydroxylation is 1. The molecule has 3 atom stereocenters.